The average molecular weight is 722 g/mol. The maximum absolute atomic E-state index is 14.0. The van der Waals surface area contributed by atoms with Gasteiger partial charge in [-0.2, -0.15) is 0 Å². The van der Waals surface area contributed by atoms with E-state index >= 15 is 0 Å². The first-order chi connectivity index (χ1) is 23.4. The van der Waals surface area contributed by atoms with Crippen LogP contribution in [0.4, 0.5) is 0 Å². The molecule has 4 aromatic rings. The number of ether oxygens (including phenoxy) is 3. The highest BCUT2D eigenvalue weighted by Crippen LogP contribution is 2.60. The summed E-state index contributed by atoms with van der Waals surface area (Å²) in [5.41, 5.74) is 1.22. The molecule has 0 saturated heterocycles. The molecule has 252 valence electrons. The van der Waals surface area contributed by atoms with Crippen LogP contribution in [0.1, 0.15) is 55.4 Å². The predicted octanol–water partition coefficient (Wildman–Crippen LogP) is 6.11. The van der Waals surface area contributed by atoms with Gasteiger partial charge in [-0.15, -0.1) is 0 Å². The number of nitrogens with zero attached hydrogens (tertiary/aromatic N) is 2. The van der Waals surface area contributed by atoms with Crippen LogP contribution in [-0.4, -0.2) is 29.1 Å². The molecule has 0 amide bonds. The molecule has 1 aliphatic carbocycles. The number of carbonyl (C=O) groups is 3. The molecule has 2 aromatic carbocycles. The maximum Gasteiger partial charge on any atom is 0.379 e. The minimum atomic E-state index is -0.854. The number of hydrogen-bond acceptors (Lipinski definition) is 10. The van der Waals surface area contributed by atoms with Gasteiger partial charge in [-0.3, -0.25) is 14.2 Å². The first kappa shape index (κ1) is 34.2. The number of esters is 3. The van der Waals surface area contributed by atoms with Crippen molar-refractivity contribution in [1.29, 1.82) is 0 Å². The highest BCUT2D eigenvalue weighted by molar-refractivity contribution is 7.07. The standard InChI is InChI=1S/C36H30Cl2N2O8S/c1-5-45-33(43)28-19(2)39-35-40(30(28)21-10-14-23(15-11-21)47-32(42)25-7-6-16-46-25)31(41)26(49-35)17-20-8-12-22(13-9-20)48-34(44)29-24(18-27(37)38)36(29,3)4/h6-18,24,29-30H,5H2,1-4H3/b26-17+/t24-,29-,30+/m0/s1. The Labute approximate surface area is 294 Å². The van der Waals surface area contributed by atoms with Crippen molar-refractivity contribution in [3.05, 3.63) is 125 Å². The fourth-order valence-corrected chi connectivity index (χ4v) is 7.23. The van der Waals surface area contributed by atoms with Crippen LogP contribution < -0.4 is 24.4 Å². The van der Waals surface area contributed by atoms with Crippen LogP contribution in [0.2, 0.25) is 0 Å². The SMILES string of the molecule is CCOC(=O)C1=C(C)N=c2s/c(=C/c3ccc(OC(=O)[C@@H]4[C@H](C=C(Cl)Cl)C4(C)C)cc3)c(=O)n2[C@@H]1c1ccc(OC(=O)c2ccco2)cc1. The molecular weight excluding hydrogens is 691 g/mol. The molecule has 3 atom stereocenters. The quantitative estimate of drug-likeness (QED) is 0.150. The number of furan rings is 1. The second-order valence-electron chi connectivity index (χ2n) is 12.0. The lowest BCUT2D eigenvalue weighted by atomic mass is 9.96. The van der Waals surface area contributed by atoms with Crippen molar-refractivity contribution in [2.75, 3.05) is 6.61 Å². The van der Waals surface area contributed by atoms with Gasteiger partial charge in [-0.25, -0.2) is 14.6 Å². The molecule has 2 aliphatic rings. The van der Waals surface area contributed by atoms with Crippen LogP contribution in [-0.2, 0) is 14.3 Å². The Morgan fingerprint density at radius 3 is 2.31 bits per heavy atom. The number of thiazole rings is 1. The Morgan fingerprint density at radius 1 is 1.00 bits per heavy atom. The molecule has 1 fully saturated rings. The molecule has 0 unspecified atom stereocenters. The molecule has 10 nitrogen and oxygen atoms in total. The van der Waals surface area contributed by atoms with Crippen LogP contribution in [0.15, 0.2) is 103 Å². The van der Waals surface area contributed by atoms with Crippen LogP contribution in [0.25, 0.3) is 6.08 Å². The third kappa shape index (κ3) is 6.92. The first-order valence-electron chi connectivity index (χ1n) is 15.3. The van der Waals surface area contributed by atoms with Gasteiger partial charge >= 0.3 is 17.9 Å². The van der Waals surface area contributed by atoms with Gasteiger partial charge < -0.3 is 18.6 Å². The predicted molar refractivity (Wildman–Crippen MR) is 183 cm³/mol. The summed E-state index contributed by atoms with van der Waals surface area (Å²) < 4.78 is 23.5. The molecule has 0 spiro atoms. The first-order valence-corrected chi connectivity index (χ1v) is 16.9. The summed E-state index contributed by atoms with van der Waals surface area (Å²) in [6.45, 7) is 7.43. The van der Waals surface area contributed by atoms with E-state index in [-0.39, 0.29) is 57.0 Å². The molecule has 1 aliphatic heterocycles. The van der Waals surface area contributed by atoms with Crippen molar-refractivity contribution in [3.63, 3.8) is 0 Å². The Kier molecular flexibility index (Phi) is 9.52. The largest absolute Gasteiger partial charge is 0.463 e. The van der Waals surface area contributed by atoms with E-state index in [1.54, 1.807) is 80.6 Å². The Bertz CT molecular complexity index is 2180. The topological polar surface area (TPSA) is 126 Å². The van der Waals surface area contributed by atoms with E-state index in [2.05, 4.69) is 4.99 Å². The highest BCUT2D eigenvalue weighted by Gasteiger charge is 2.61. The molecule has 0 bridgehead atoms. The van der Waals surface area contributed by atoms with Crippen LogP contribution in [0.3, 0.4) is 0 Å². The van der Waals surface area contributed by atoms with E-state index in [4.69, 9.17) is 41.8 Å². The minimum absolute atomic E-state index is 0.0528. The fraction of sp³-hybridized carbons (Fsp3) is 0.250. The Morgan fingerprint density at radius 2 is 1.67 bits per heavy atom. The summed E-state index contributed by atoms with van der Waals surface area (Å²) in [5, 5.41) is 0. The molecule has 2 aromatic heterocycles. The van der Waals surface area contributed by atoms with Gasteiger partial charge in [0.25, 0.3) is 5.56 Å². The van der Waals surface area contributed by atoms with Crippen LogP contribution >= 0.6 is 34.5 Å². The lowest BCUT2D eigenvalue weighted by Crippen LogP contribution is -2.39. The molecule has 6 rings (SSSR count). The Balaban J connectivity index is 1.29. The van der Waals surface area contributed by atoms with Crippen molar-refractivity contribution >= 4 is 58.5 Å². The van der Waals surface area contributed by atoms with E-state index in [9.17, 15) is 19.2 Å². The smallest absolute Gasteiger partial charge is 0.379 e. The van der Waals surface area contributed by atoms with Gasteiger partial charge in [0, 0.05) is 0 Å². The van der Waals surface area contributed by atoms with E-state index in [0.717, 1.165) is 0 Å². The fourth-order valence-electron chi connectivity index (χ4n) is 5.91. The monoisotopic (exact) mass is 720 g/mol. The number of hydrogen-bond donors (Lipinski definition) is 0. The van der Waals surface area contributed by atoms with Crippen molar-refractivity contribution in [2.45, 2.75) is 33.7 Å². The second kappa shape index (κ2) is 13.7. The molecule has 0 radical (unpaired) electrons. The van der Waals surface area contributed by atoms with Crippen molar-refractivity contribution < 1.29 is 33.0 Å². The second-order valence-corrected chi connectivity index (χ2v) is 14.0. The van der Waals surface area contributed by atoms with Gasteiger partial charge in [-0.05, 0) is 84.9 Å². The number of benzene rings is 2. The third-order valence-electron chi connectivity index (χ3n) is 8.51. The summed E-state index contributed by atoms with van der Waals surface area (Å²) in [7, 11) is 0. The maximum atomic E-state index is 14.0. The lowest BCUT2D eigenvalue weighted by Gasteiger charge is -2.24. The average Bonchev–Trinajstić information content (AvgIpc) is 3.41. The summed E-state index contributed by atoms with van der Waals surface area (Å²) >= 11 is 12.8. The van der Waals surface area contributed by atoms with Crippen molar-refractivity contribution in [2.24, 2.45) is 22.2 Å². The van der Waals surface area contributed by atoms with Gasteiger partial charge in [0.1, 0.15) is 16.0 Å². The summed E-state index contributed by atoms with van der Waals surface area (Å²) in [5.74, 6) is -1.45. The highest BCUT2D eigenvalue weighted by atomic mass is 35.5. The number of halogens is 2. The number of allylic oxidation sites excluding steroid dienone is 2. The minimum Gasteiger partial charge on any atom is -0.463 e. The molecule has 13 heteroatoms. The zero-order chi connectivity index (χ0) is 35.0. The van der Waals surface area contributed by atoms with Gasteiger partial charge in [0.2, 0.25) is 5.76 Å². The molecule has 1 saturated carbocycles. The van der Waals surface area contributed by atoms with Crippen LogP contribution in [0, 0.1) is 17.3 Å². The summed E-state index contributed by atoms with van der Waals surface area (Å²) in [6.07, 6.45) is 4.74. The van der Waals surface area contributed by atoms with E-state index in [1.807, 2.05) is 13.8 Å². The third-order valence-corrected chi connectivity index (χ3v) is 9.75. The summed E-state index contributed by atoms with van der Waals surface area (Å²) in [4.78, 5) is 57.4. The van der Waals surface area contributed by atoms with Crippen molar-refractivity contribution in [3.8, 4) is 11.5 Å². The lowest BCUT2D eigenvalue weighted by molar-refractivity contribution is -0.139. The van der Waals surface area contributed by atoms with E-state index in [0.29, 0.717) is 31.9 Å². The number of aromatic nitrogens is 1. The van der Waals surface area contributed by atoms with E-state index < -0.39 is 18.0 Å². The number of rotatable bonds is 9. The molecular formula is C36H30Cl2N2O8S. The van der Waals surface area contributed by atoms with Gasteiger partial charge in [-0.1, -0.05) is 72.7 Å². The summed E-state index contributed by atoms with van der Waals surface area (Å²) in [6, 6.07) is 15.5. The number of carbonyl (C=O) groups excluding carboxylic acids is 3. The molecule has 0 N–H and O–H groups in total. The molecule has 3 heterocycles. The van der Waals surface area contributed by atoms with E-state index in [1.165, 1.54) is 28.2 Å². The Hall–Kier alpha value is -4.71. The molecule has 49 heavy (non-hydrogen) atoms. The van der Waals surface area contributed by atoms with Crippen molar-refractivity contribution in [1.82, 2.24) is 4.57 Å². The zero-order valence-corrected chi connectivity index (χ0v) is 29.1. The van der Waals surface area contributed by atoms with Gasteiger partial charge in [0.05, 0.1) is 40.6 Å². The van der Waals surface area contributed by atoms with Crippen LogP contribution in [0.5, 0.6) is 11.5 Å². The number of fused-ring (bicyclic) bond motifs is 1. The van der Waals surface area contributed by atoms with Gasteiger partial charge in [0.15, 0.2) is 4.80 Å². The normalized spacial score (nSPS) is 19.4. The zero-order valence-electron chi connectivity index (χ0n) is 26.8.